The Labute approximate surface area is 206 Å². The Morgan fingerprint density at radius 2 is 1.65 bits per heavy atom. The summed E-state index contributed by atoms with van der Waals surface area (Å²) in [6.45, 7) is 5.02. The molecule has 0 bridgehead atoms. The van der Waals surface area contributed by atoms with Gasteiger partial charge in [-0.3, -0.25) is 4.79 Å². The minimum atomic E-state index is -0.668. The van der Waals surface area contributed by atoms with Crippen LogP contribution in [-0.2, 0) is 20.7 Å². The monoisotopic (exact) mass is 477 g/mol. The van der Waals surface area contributed by atoms with Gasteiger partial charge >= 0.3 is 6.09 Å². The Morgan fingerprint density at radius 1 is 0.941 bits per heavy atom. The number of ketones is 1. The van der Waals surface area contributed by atoms with Crippen LogP contribution >= 0.6 is 0 Å². The van der Waals surface area contributed by atoms with E-state index in [0.717, 1.165) is 44.1 Å². The molecule has 2 N–H and O–H groups in total. The fraction of sp³-hybridized carbons (Fsp3) is 0.714. The van der Waals surface area contributed by atoms with Gasteiger partial charge in [-0.2, -0.15) is 0 Å². The number of carbonyl (C=O) groups is 2. The zero-order valence-corrected chi connectivity index (χ0v) is 21.6. The lowest BCUT2D eigenvalue weighted by Crippen LogP contribution is -2.42. The van der Waals surface area contributed by atoms with Crippen LogP contribution in [0.25, 0.3) is 0 Å². The highest BCUT2D eigenvalue weighted by molar-refractivity contribution is 5.87. The number of hydrogen-bond donors (Lipinski definition) is 2. The minimum absolute atomic E-state index is 0.0174. The number of hydrogen-bond acceptors (Lipinski definition) is 5. The molecule has 0 heterocycles. The van der Waals surface area contributed by atoms with E-state index in [9.17, 15) is 14.7 Å². The smallest absolute Gasteiger partial charge is 0.407 e. The lowest BCUT2D eigenvalue weighted by atomic mass is 9.91. The Kier molecular flexibility index (Phi) is 17.2. The van der Waals surface area contributed by atoms with Gasteiger partial charge < -0.3 is 19.9 Å². The topological polar surface area (TPSA) is 84.9 Å². The van der Waals surface area contributed by atoms with Gasteiger partial charge in [0.2, 0.25) is 0 Å². The largest absolute Gasteiger partial charge is 0.450 e. The van der Waals surface area contributed by atoms with Gasteiger partial charge in [0.05, 0.1) is 18.8 Å². The van der Waals surface area contributed by atoms with Gasteiger partial charge in [0.25, 0.3) is 0 Å². The van der Waals surface area contributed by atoms with E-state index < -0.39 is 18.2 Å². The summed E-state index contributed by atoms with van der Waals surface area (Å²) in [6, 6.07) is 9.37. The molecule has 6 nitrogen and oxygen atoms in total. The number of aliphatic hydroxyl groups is 1. The van der Waals surface area contributed by atoms with Gasteiger partial charge in [0.1, 0.15) is 0 Å². The van der Waals surface area contributed by atoms with Crippen LogP contribution in [0.5, 0.6) is 0 Å². The molecule has 0 saturated carbocycles. The molecule has 0 saturated heterocycles. The highest BCUT2D eigenvalue weighted by Gasteiger charge is 2.25. The number of aliphatic hydroxyl groups excluding tert-OH is 1. The second-order valence-electron chi connectivity index (χ2n) is 9.30. The van der Waals surface area contributed by atoms with Crippen molar-refractivity contribution < 1.29 is 24.2 Å². The number of Topliss-reactive ketones (excluding diaryl/α,β-unsaturated/α-hetero) is 1. The molecule has 0 aliphatic heterocycles. The molecule has 0 radical (unpaired) electrons. The highest BCUT2D eigenvalue weighted by atomic mass is 16.5. The normalized spacial score (nSPS) is 13.8. The number of nitrogens with one attached hydrogen (secondary N) is 1. The van der Waals surface area contributed by atoms with Crippen LogP contribution < -0.4 is 5.32 Å². The maximum absolute atomic E-state index is 13.2. The Balaban J connectivity index is 2.68. The van der Waals surface area contributed by atoms with Crippen molar-refractivity contribution in [2.75, 3.05) is 20.3 Å². The maximum Gasteiger partial charge on any atom is 0.407 e. The van der Waals surface area contributed by atoms with Crippen LogP contribution in [0.1, 0.15) is 90.0 Å². The van der Waals surface area contributed by atoms with Crippen LogP contribution in [0.4, 0.5) is 4.79 Å². The third kappa shape index (κ3) is 14.4. The first-order chi connectivity index (χ1) is 16.5. The summed E-state index contributed by atoms with van der Waals surface area (Å²) in [5, 5.41) is 13.2. The van der Waals surface area contributed by atoms with Crippen molar-refractivity contribution in [3.63, 3.8) is 0 Å². The van der Waals surface area contributed by atoms with Crippen molar-refractivity contribution >= 4 is 11.9 Å². The van der Waals surface area contributed by atoms with Crippen molar-refractivity contribution in [3.8, 4) is 0 Å². The SMILES string of the molecule is CCCCCCCC(O)CCC(NC(=O)OCCCC)C(=O)CC(COC)Cc1ccccc1. The maximum atomic E-state index is 13.2. The van der Waals surface area contributed by atoms with E-state index in [1.807, 2.05) is 37.3 Å². The summed E-state index contributed by atoms with van der Waals surface area (Å²) < 4.78 is 10.6. The number of amides is 1. The number of rotatable bonds is 20. The molecule has 3 atom stereocenters. The summed E-state index contributed by atoms with van der Waals surface area (Å²) in [5.74, 6) is -0.0237. The summed E-state index contributed by atoms with van der Waals surface area (Å²) in [7, 11) is 1.64. The van der Waals surface area contributed by atoms with Crippen LogP contribution in [0.3, 0.4) is 0 Å². The highest BCUT2D eigenvalue weighted by Crippen LogP contribution is 2.17. The quantitative estimate of drug-likeness (QED) is 0.230. The molecule has 1 aromatic carbocycles. The van der Waals surface area contributed by atoms with E-state index in [1.54, 1.807) is 7.11 Å². The molecule has 194 valence electrons. The van der Waals surface area contributed by atoms with Gasteiger partial charge in [-0.15, -0.1) is 0 Å². The van der Waals surface area contributed by atoms with Crippen molar-refractivity contribution in [3.05, 3.63) is 35.9 Å². The number of alkyl carbamates (subject to hydrolysis) is 1. The number of benzene rings is 1. The summed E-state index contributed by atoms with van der Waals surface area (Å²) in [4.78, 5) is 25.5. The molecule has 0 fully saturated rings. The van der Waals surface area contributed by atoms with Gasteiger partial charge in [-0.05, 0) is 43.6 Å². The van der Waals surface area contributed by atoms with E-state index >= 15 is 0 Å². The molecular formula is C28H47NO5. The van der Waals surface area contributed by atoms with Crippen LogP contribution in [0, 0.1) is 5.92 Å². The van der Waals surface area contributed by atoms with E-state index in [-0.39, 0.29) is 11.7 Å². The van der Waals surface area contributed by atoms with Crippen LogP contribution in [0.2, 0.25) is 0 Å². The molecular weight excluding hydrogens is 430 g/mol. The standard InChI is InChI=1S/C28H47NO5/c1-4-6-8-9-13-16-25(30)17-18-26(29-28(32)34-19-7-5-2)27(31)21-24(22-33-3)20-23-14-11-10-12-15-23/h10-12,14-15,24-26,30H,4-9,13,16-22H2,1-3H3,(H,29,32). The lowest BCUT2D eigenvalue weighted by molar-refractivity contribution is -0.122. The predicted molar refractivity (Wildman–Crippen MR) is 137 cm³/mol. The Hall–Kier alpha value is -1.92. The van der Waals surface area contributed by atoms with Crippen molar-refractivity contribution in [2.24, 2.45) is 5.92 Å². The lowest BCUT2D eigenvalue weighted by Gasteiger charge is -2.22. The number of carbonyl (C=O) groups excluding carboxylic acids is 2. The first-order valence-electron chi connectivity index (χ1n) is 13.2. The van der Waals surface area contributed by atoms with Gasteiger partial charge in [0.15, 0.2) is 5.78 Å². The van der Waals surface area contributed by atoms with Crippen molar-refractivity contribution in [1.82, 2.24) is 5.32 Å². The minimum Gasteiger partial charge on any atom is -0.450 e. The summed E-state index contributed by atoms with van der Waals surface area (Å²) >= 11 is 0. The molecule has 0 spiro atoms. The fourth-order valence-electron chi connectivity index (χ4n) is 4.09. The van der Waals surface area contributed by atoms with Crippen molar-refractivity contribution in [1.29, 1.82) is 0 Å². The van der Waals surface area contributed by atoms with E-state index in [4.69, 9.17) is 9.47 Å². The van der Waals surface area contributed by atoms with E-state index in [1.165, 1.54) is 19.3 Å². The third-order valence-electron chi connectivity index (χ3n) is 6.10. The second kappa shape index (κ2) is 19.4. The summed E-state index contributed by atoms with van der Waals surface area (Å²) in [5.41, 5.74) is 1.15. The van der Waals surface area contributed by atoms with Gasteiger partial charge in [-0.1, -0.05) is 82.7 Å². The zero-order chi connectivity index (χ0) is 25.0. The molecule has 6 heteroatoms. The predicted octanol–water partition coefficient (Wildman–Crippen LogP) is 5.85. The number of ether oxygens (including phenoxy) is 2. The zero-order valence-electron chi connectivity index (χ0n) is 21.6. The Morgan fingerprint density at radius 3 is 2.32 bits per heavy atom. The van der Waals surface area contributed by atoms with Crippen LogP contribution in [-0.4, -0.2) is 49.5 Å². The first kappa shape index (κ1) is 30.1. The average Bonchev–Trinajstić information content (AvgIpc) is 2.82. The molecule has 1 aromatic rings. The third-order valence-corrected chi connectivity index (χ3v) is 6.10. The molecule has 1 amide bonds. The fourth-order valence-corrected chi connectivity index (χ4v) is 4.09. The van der Waals surface area contributed by atoms with Gasteiger partial charge in [-0.25, -0.2) is 4.79 Å². The van der Waals surface area contributed by atoms with Crippen molar-refractivity contribution in [2.45, 2.75) is 103 Å². The number of methoxy groups -OCH3 is 1. The van der Waals surface area contributed by atoms with Gasteiger partial charge in [0, 0.05) is 20.1 Å². The van der Waals surface area contributed by atoms with E-state index in [2.05, 4.69) is 12.2 Å². The molecule has 34 heavy (non-hydrogen) atoms. The molecule has 1 rings (SSSR count). The molecule has 3 unspecified atom stereocenters. The average molecular weight is 478 g/mol. The van der Waals surface area contributed by atoms with E-state index in [0.29, 0.717) is 32.5 Å². The molecule has 0 aliphatic rings. The molecule has 0 aromatic heterocycles. The van der Waals surface area contributed by atoms with Crippen LogP contribution in [0.15, 0.2) is 30.3 Å². The molecule has 0 aliphatic carbocycles. The first-order valence-corrected chi connectivity index (χ1v) is 13.2. The second-order valence-corrected chi connectivity index (χ2v) is 9.30. The number of unbranched alkanes of at least 4 members (excludes halogenated alkanes) is 5. The Bertz CT molecular complexity index is 651. The summed E-state index contributed by atoms with van der Waals surface area (Å²) in [6.07, 6.45) is 9.05.